The van der Waals surface area contributed by atoms with Gasteiger partial charge in [-0.1, -0.05) is 5.16 Å². The third kappa shape index (κ3) is 4.65. The Morgan fingerprint density at radius 1 is 1.23 bits per heavy atom. The number of rotatable bonds is 4. The Morgan fingerprint density at radius 2 is 1.97 bits per heavy atom. The lowest BCUT2D eigenvalue weighted by atomic mass is 10.1. The van der Waals surface area contributed by atoms with E-state index in [4.69, 9.17) is 13.7 Å². The van der Waals surface area contributed by atoms with Crippen molar-refractivity contribution in [3.8, 4) is 11.5 Å². The zero-order valence-electron chi connectivity index (χ0n) is 17.2. The number of aryl methyl sites for hydroxylation is 1. The van der Waals surface area contributed by atoms with Crippen molar-refractivity contribution >= 4 is 29.0 Å². The molecule has 1 atom stereocenters. The Hall–Kier alpha value is -3.69. The number of fused-ring (bicyclic) bond motifs is 1. The highest BCUT2D eigenvalue weighted by molar-refractivity contribution is 6.05. The Kier molecular flexibility index (Phi) is 5.59. The molecule has 0 aliphatic carbocycles. The molecular weight excluding hydrogens is 392 g/mol. The van der Waals surface area contributed by atoms with Crippen molar-refractivity contribution in [2.45, 2.75) is 46.3 Å². The molecule has 0 bridgehead atoms. The second-order valence-corrected chi connectivity index (χ2v) is 7.72. The Morgan fingerprint density at radius 3 is 2.60 bits per heavy atom. The molecule has 3 aromatic heterocycles. The maximum absolute atomic E-state index is 12.8. The van der Waals surface area contributed by atoms with Crippen LogP contribution in [0.5, 0.6) is 0 Å². The van der Waals surface area contributed by atoms with Gasteiger partial charge in [0.15, 0.2) is 11.9 Å². The van der Waals surface area contributed by atoms with Gasteiger partial charge in [-0.25, -0.2) is 14.6 Å². The lowest BCUT2D eigenvalue weighted by Crippen LogP contribution is -2.50. The zero-order valence-corrected chi connectivity index (χ0v) is 17.2. The number of esters is 1. The van der Waals surface area contributed by atoms with Gasteiger partial charge in [-0.05, 0) is 52.8 Å². The minimum Gasteiger partial charge on any atom is -0.463 e. The lowest BCUT2D eigenvalue weighted by molar-refractivity contribution is -0.127. The molecule has 0 saturated carbocycles. The third-order valence-corrected chi connectivity index (χ3v) is 3.99. The smallest absolute Gasteiger partial charge is 0.339 e. The van der Waals surface area contributed by atoms with Crippen molar-refractivity contribution in [1.29, 1.82) is 0 Å². The van der Waals surface area contributed by atoms with E-state index >= 15 is 0 Å². The SMILES string of the molecule is Cc1noc2nc(-c3ccco3)cc(C(=O)OC(C)C(=O)NC(=O)NC(C)(C)C)c12. The van der Waals surface area contributed by atoms with Crippen molar-refractivity contribution < 1.29 is 28.1 Å². The number of aromatic nitrogens is 2. The zero-order chi connectivity index (χ0) is 22.1. The normalized spacial score (nSPS) is 12.4. The summed E-state index contributed by atoms with van der Waals surface area (Å²) < 4.78 is 15.8. The van der Waals surface area contributed by atoms with E-state index in [2.05, 4.69) is 20.8 Å². The van der Waals surface area contributed by atoms with Gasteiger partial charge in [0.05, 0.1) is 22.9 Å². The maximum Gasteiger partial charge on any atom is 0.339 e. The first-order chi connectivity index (χ1) is 14.0. The van der Waals surface area contributed by atoms with Crippen LogP contribution in [-0.4, -0.2) is 39.7 Å². The van der Waals surface area contributed by atoms with E-state index in [1.54, 1.807) is 39.8 Å². The highest BCUT2D eigenvalue weighted by atomic mass is 16.5. The van der Waals surface area contributed by atoms with E-state index in [9.17, 15) is 14.4 Å². The largest absolute Gasteiger partial charge is 0.463 e. The summed E-state index contributed by atoms with van der Waals surface area (Å²) in [6.45, 7) is 8.33. The monoisotopic (exact) mass is 414 g/mol. The highest BCUT2D eigenvalue weighted by Gasteiger charge is 2.26. The average molecular weight is 414 g/mol. The van der Waals surface area contributed by atoms with E-state index in [1.807, 2.05) is 0 Å². The number of nitrogens with one attached hydrogen (secondary N) is 2. The number of pyridine rings is 1. The van der Waals surface area contributed by atoms with Gasteiger partial charge in [-0.3, -0.25) is 10.1 Å². The van der Waals surface area contributed by atoms with Crippen LogP contribution in [0.2, 0.25) is 0 Å². The second-order valence-electron chi connectivity index (χ2n) is 7.72. The molecule has 10 heteroatoms. The molecule has 158 valence electrons. The molecule has 0 radical (unpaired) electrons. The van der Waals surface area contributed by atoms with Crippen LogP contribution in [0.15, 0.2) is 33.4 Å². The number of carbonyl (C=O) groups is 3. The van der Waals surface area contributed by atoms with Crippen LogP contribution < -0.4 is 10.6 Å². The van der Waals surface area contributed by atoms with Crippen molar-refractivity contribution in [3.63, 3.8) is 0 Å². The van der Waals surface area contributed by atoms with Gasteiger partial charge < -0.3 is 19.0 Å². The lowest BCUT2D eigenvalue weighted by Gasteiger charge is -2.21. The van der Waals surface area contributed by atoms with Crippen LogP contribution in [0.1, 0.15) is 43.7 Å². The van der Waals surface area contributed by atoms with E-state index in [0.29, 0.717) is 22.5 Å². The van der Waals surface area contributed by atoms with Gasteiger partial charge in [0.1, 0.15) is 5.69 Å². The van der Waals surface area contributed by atoms with Crippen molar-refractivity contribution in [2.24, 2.45) is 0 Å². The molecule has 0 aromatic carbocycles. The number of ether oxygens (including phenoxy) is 1. The van der Waals surface area contributed by atoms with E-state index in [1.165, 1.54) is 19.3 Å². The molecular formula is C20H22N4O6. The van der Waals surface area contributed by atoms with Gasteiger partial charge in [-0.15, -0.1) is 0 Å². The van der Waals surface area contributed by atoms with Crippen LogP contribution in [0.25, 0.3) is 22.6 Å². The molecule has 2 N–H and O–H groups in total. The Bertz CT molecular complexity index is 1090. The number of urea groups is 1. The number of carbonyl (C=O) groups excluding carboxylic acids is 3. The minimum absolute atomic E-state index is 0.115. The molecule has 0 saturated heterocycles. The van der Waals surface area contributed by atoms with E-state index in [0.717, 1.165) is 0 Å². The molecule has 0 aliphatic rings. The fourth-order valence-electron chi connectivity index (χ4n) is 2.67. The summed E-state index contributed by atoms with van der Waals surface area (Å²) in [4.78, 5) is 41.2. The van der Waals surface area contributed by atoms with Crippen molar-refractivity contribution in [1.82, 2.24) is 20.8 Å². The first-order valence-electron chi connectivity index (χ1n) is 9.20. The number of amides is 3. The Balaban J connectivity index is 1.81. The average Bonchev–Trinajstić information content (AvgIpc) is 3.29. The summed E-state index contributed by atoms with van der Waals surface area (Å²) in [6.07, 6.45) is 0.249. The summed E-state index contributed by atoms with van der Waals surface area (Å²) in [7, 11) is 0. The standard InChI is InChI=1S/C20H22N4O6/c1-10-15-12(9-13(14-7-6-8-28-14)21-17(15)30-24-10)18(26)29-11(2)16(25)22-19(27)23-20(3,4)5/h6-9,11H,1-5H3,(H2,22,23,25,27). The van der Waals surface area contributed by atoms with Crippen LogP contribution in [0.3, 0.4) is 0 Å². The summed E-state index contributed by atoms with van der Waals surface area (Å²) in [5.74, 6) is -1.13. The van der Waals surface area contributed by atoms with Crippen LogP contribution in [0, 0.1) is 6.92 Å². The first-order valence-corrected chi connectivity index (χ1v) is 9.20. The van der Waals surface area contributed by atoms with Gasteiger partial charge in [0, 0.05) is 5.54 Å². The molecule has 3 amide bonds. The molecule has 3 heterocycles. The van der Waals surface area contributed by atoms with Gasteiger partial charge in [-0.2, -0.15) is 0 Å². The number of nitrogens with zero attached hydrogens (tertiary/aromatic N) is 2. The van der Waals surface area contributed by atoms with Gasteiger partial charge in [0.2, 0.25) is 0 Å². The van der Waals surface area contributed by atoms with Gasteiger partial charge >= 0.3 is 12.0 Å². The maximum atomic E-state index is 12.8. The fraction of sp³-hybridized carbons (Fsp3) is 0.350. The minimum atomic E-state index is -1.22. The van der Waals surface area contributed by atoms with Gasteiger partial charge in [0.25, 0.3) is 11.6 Å². The third-order valence-electron chi connectivity index (χ3n) is 3.99. The molecule has 0 spiro atoms. The topological polar surface area (TPSA) is 137 Å². The summed E-state index contributed by atoms with van der Waals surface area (Å²) in [6, 6.07) is 4.15. The van der Waals surface area contributed by atoms with Crippen LogP contribution in [-0.2, 0) is 9.53 Å². The van der Waals surface area contributed by atoms with Crippen molar-refractivity contribution in [3.05, 3.63) is 35.7 Å². The predicted molar refractivity (Wildman–Crippen MR) is 106 cm³/mol. The molecule has 10 nitrogen and oxygen atoms in total. The van der Waals surface area contributed by atoms with E-state index in [-0.39, 0.29) is 11.3 Å². The summed E-state index contributed by atoms with van der Waals surface area (Å²) >= 11 is 0. The van der Waals surface area contributed by atoms with Crippen LogP contribution >= 0.6 is 0 Å². The highest BCUT2D eigenvalue weighted by Crippen LogP contribution is 2.28. The predicted octanol–water partition coefficient (Wildman–Crippen LogP) is 2.96. The van der Waals surface area contributed by atoms with Crippen LogP contribution in [0.4, 0.5) is 4.79 Å². The number of hydrogen-bond donors (Lipinski definition) is 2. The quantitative estimate of drug-likeness (QED) is 0.622. The summed E-state index contributed by atoms with van der Waals surface area (Å²) in [5.41, 5.74) is 0.509. The molecule has 3 rings (SSSR count). The number of hydrogen-bond acceptors (Lipinski definition) is 8. The first kappa shape index (κ1) is 21.0. The van der Waals surface area contributed by atoms with E-state index < -0.39 is 29.6 Å². The summed E-state index contributed by atoms with van der Waals surface area (Å²) in [5, 5.41) is 8.95. The molecule has 3 aromatic rings. The Labute approximate surface area is 171 Å². The number of imide groups is 1. The molecule has 0 aliphatic heterocycles. The molecule has 1 unspecified atom stereocenters. The number of furan rings is 1. The fourth-order valence-corrected chi connectivity index (χ4v) is 2.67. The molecule has 30 heavy (non-hydrogen) atoms. The second kappa shape index (κ2) is 7.97. The molecule has 0 fully saturated rings. The van der Waals surface area contributed by atoms with Crippen molar-refractivity contribution in [2.75, 3.05) is 0 Å².